The average molecular weight is 306 g/mol. The molecule has 1 heterocycles. The van der Waals surface area contributed by atoms with Gasteiger partial charge in [-0.2, -0.15) is 0 Å². The van der Waals surface area contributed by atoms with Crippen molar-refractivity contribution in [3.8, 4) is 0 Å². The number of nitrogens with zero attached hydrogens (tertiary/aromatic N) is 1. The molecule has 1 fully saturated rings. The van der Waals surface area contributed by atoms with Crippen LogP contribution in [0.1, 0.15) is 49.0 Å². The summed E-state index contributed by atoms with van der Waals surface area (Å²) in [5, 5.41) is 12.2. The fourth-order valence-electron chi connectivity index (χ4n) is 2.99. The lowest BCUT2D eigenvalue weighted by Gasteiger charge is -2.27. The van der Waals surface area contributed by atoms with Crippen molar-refractivity contribution in [1.82, 2.24) is 9.88 Å². The van der Waals surface area contributed by atoms with Crippen molar-refractivity contribution < 1.29 is 14.7 Å². The van der Waals surface area contributed by atoms with Crippen molar-refractivity contribution in [2.75, 3.05) is 0 Å². The van der Waals surface area contributed by atoms with Crippen LogP contribution in [0.4, 0.5) is 0 Å². The predicted octanol–water partition coefficient (Wildman–Crippen LogP) is 1.54. The average Bonchev–Trinajstić information content (AvgIpc) is 2.44. The van der Waals surface area contributed by atoms with E-state index in [1.54, 1.807) is 6.07 Å². The third-order valence-corrected chi connectivity index (χ3v) is 4.32. The Morgan fingerprint density at radius 1 is 1.18 bits per heavy atom. The van der Waals surface area contributed by atoms with E-state index in [1.165, 1.54) is 23.7 Å². The molecule has 0 radical (unpaired) electrons. The van der Waals surface area contributed by atoms with Crippen molar-refractivity contribution in [3.05, 3.63) is 34.2 Å². The van der Waals surface area contributed by atoms with E-state index < -0.39 is 17.8 Å². The van der Waals surface area contributed by atoms with Gasteiger partial charge in [-0.1, -0.05) is 31.7 Å². The van der Waals surface area contributed by atoms with Gasteiger partial charge in [0.05, 0.1) is 5.92 Å². The Morgan fingerprint density at radius 3 is 2.55 bits per heavy atom. The summed E-state index contributed by atoms with van der Waals surface area (Å²) in [4.78, 5) is 35.4. The zero-order chi connectivity index (χ0) is 16.1. The minimum atomic E-state index is -0.867. The largest absolute Gasteiger partial charge is 0.481 e. The highest BCUT2D eigenvalue weighted by molar-refractivity contribution is 5.93. The van der Waals surface area contributed by atoms with E-state index in [9.17, 15) is 19.5 Å². The summed E-state index contributed by atoms with van der Waals surface area (Å²) in [7, 11) is 1.53. The highest BCUT2D eigenvalue weighted by Crippen LogP contribution is 2.23. The Kier molecular flexibility index (Phi) is 5.35. The van der Waals surface area contributed by atoms with Crippen LogP contribution in [0.15, 0.2) is 23.0 Å². The Bertz CT molecular complexity index is 608. The highest BCUT2D eigenvalue weighted by atomic mass is 16.4. The van der Waals surface area contributed by atoms with Gasteiger partial charge in [0.1, 0.15) is 5.69 Å². The van der Waals surface area contributed by atoms with E-state index >= 15 is 0 Å². The highest BCUT2D eigenvalue weighted by Gasteiger charge is 2.30. The number of amides is 1. The summed E-state index contributed by atoms with van der Waals surface area (Å²) in [6.45, 7) is 0. The molecule has 2 N–H and O–H groups in total. The molecule has 2 atom stereocenters. The number of rotatable bonds is 3. The van der Waals surface area contributed by atoms with Crippen LogP contribution < -0.4 is 10.9 Å². The van der Waals surface area contributed by atoms with Crippen molar-refractivity contribution in [1.29, 1.82) is 0 Å². The van der Waals surface area contributed by atoms with Gasteiger partial charge in [-0.05, 0) is 18.9 Å². The zero-order valence-corrected chi connectivity index (χ0v) is 12.7. The summed E-state index contributed by atoms with van der Waals surface area (Å²) >= 11 is 0. The molecule has 22 heavy (non-hydrogen) atoms. The van der Waals surface area contributed by atoms with Gasteiger partial charge in [0.2, 0.25) is 0 Å². The molecule has 1 saturated carbocycles. The van der Waals surface area contributed by atoms with E-state index in [-0.39, 0.29) is 17.3 Å². The number of aromatic nitrogens is 1. The molecule has 6 nitrogen and oxygen atoms in total. The minimum Gasteiger partial charge on any atom is -0.481 e. The third-order valence-electron chi connectivity index (χ3n) is 4.32. The minimum absolute atomic E-state index is 0.249. The molecule has 1 amide bonds. The first kappa shape index (κ1) is 16.3. The van der Waals surface area contributed by atoms with Gasteiger partial charge in [-0.15, -0.1) is 0 Å². The summed E-state index contributed by atoms with van der Waals surface area (Å²) in [6.07, 6.45) is 5.10. The Hall–Kier alpha value is -2.11. The zero-order valence-electron chi connectivity index (χ0n) is 12.7. The van der Waals surface area contributed by atoms with Crippen LogP contribution in [0.2, 0.25) is 0 Å². The Balaban J connectivity index is 2.17. The molecule has 1 aromatic heterocycles. The fourth-order valence-corrected chi connectivity index (χ4v) is 2.99. The molecule has 120 valence electrons. The van der Waals surface area contributed by atoms with E-state index in [0.717, 1.165) is 25.7 Å². The fraction of sp³-hybridized carbons (Fsp3) is 0.562. The van der Waals surface area contributed by atoms with Gasteiger partial charge in [0.15, 0.2) is 0 Å². The standard InChI is InChI=1S/C16H22N2O4/c1-18-13(9-6-10-14(18)19)15(20)17-12-8-5-3-2-4-7-11(12)16(21)22/h6,9-12H,2-5,7-8H2,1H3,(H,17,20)(H,21,22). The second-order valence-electron chi connectivity index (χ2n) is 5.82. The summed E-state index contributed by atoms with van der Waals surface area (Å²) < 4.78 is 1.27. The van der Waals surface area contributed by atoms with Crippen LogP contribution in [-0.2, 0) is 11.8 Å². The van der Waals surface area contributed by atoms with Gasteiger partial charge < -0.3 is 15.0 Å². The summed E-state index contributed by atoms with van der Waals surface area (Å²) in [6, 6.07) is 4.09. The van der Waals surface area contributed by atoms with Crippen LogP contribution in [0.25, 0.3) is 0 Å². The third kappa shape index (κ3) is 3.75. The molecule has 1 aromatic rings. The molecule has 1 aliphatic rings. The van der Waals surface area contributed by atoms with Crippen LogP contribution in [0.3, 0.4) is 0 Å². The lowest BCUT2D eigenvalue weighted by molar-refractivity contribution is -0.143. The molecular formula is C16H22N2O4. The molecule has 1 aliphatic carbocycles. The number of nitrogens with one attached hydrogen (secondary N) is 1. The number of carboxylic acids is 1. The molecule has 0 bridgehead atoms. The van der Waals surface area contributed by atoms with Gasteiger partial charge in [-0.25, -0.2) is 0 Å². The van der Waals surface area contributed by atoms with E-state index in [2.05, 4.69) is 5.32 Å². The van der Waals surface area contributed by atoms with Gasteiger partial charge in [0.25, 0.3) is 11.5 Å². The molecule has 0 aromatic carbocycles. The second kappa shape index (κ2) is 7.24. The number of carbonyl (C=O) groups is 2. The number of pyridine rings is 1. The predicted molar refractivity (Wildman–Crippen MR) is 81.8 cm³/mol. The van der Waals surface area contributed by atoms with Crippen molar-refractivity contribution in [2.24, 2.45) is 13.0 Å². The van der Waals surface area contributed by atoms with E-state index in [0.29, 0.717) is 12.8 Å². The van der Waals surface area contributed by atoms with Crippen molar-refractivity contribution in [2.45, 2.75) is 44.6 Å². The summed E-state index contributed by atoms with van der Waals surface area (Å²) in [5.41, 5.74) is -0.0150. The van der Waals surface area contributed by atoms with Gasteiger partial charge >= 0.3 is 5.97 Å². The maximum absolute atomic E-state index is 12.4. The first-order valence-electron chi connectivity index (χ1n) is 7.70. The van der Waals surface area contributed by atoms with Crippen LogP contribution in [0, 0.1) is 5.92 Å². The molecule has 2 rings (SSSR count). The van der Waals surface area contributed by atoms with Gasteiger partial charge in [0, 0.05) is 19.2 Å². The SMILES string of the molecule is Cn1c(C(=O)NC2CCCCCCC2C(=O)O)cccc1=O. The molecule has 0 aliphatic heterocycles. The van der Waals surface area contributed by atoms with Crippen LogP contribution in [-0.4, -0.2) is 27.6 Å². The van der Waals surface area contributed by atoms with E-state index in [1.807, 2.05) is 0 Å². The number of hydrogen-bond acceptors (Lipinski definition) is 3. The number of aliphatic carboxylic acids is 1. The Labute approximate surface area is 129 Å². The Morgan fingerprint density at radius 2 is 1.86 bits per heavy atom. The number of carbonyl (C=O) groups excluding carboxylic acids is 1. The van der Waals surface area contributed by atoms with Gasteiger partial charge in [-0.3, -0.25) is 14.4 Å². The number of hydrogen-bond donors (Lipinski definition) is 2. The topological polar surface area (TPSA) is 88.4 Å². The van der Waals surface area contributed by atoms with Crippen LogP contribution >= 0.6 is 0 Å². The van der Waals surface area contributed by atoms with E-state index in [4.69, 9.17) is 0 Å². The second-order valence-corrected chi connectivity index (χ2v) is 5.82. The maximum atomic E-state index is 12.4. The smallest absolute Gasteiger partial charge is 0.308 e. The van der Waals surface area contributed by atoms with Crippen molar-refractivity contribution >= 4 is 11.9 Å². The summed E-state index contributed by atoms with van der Waals surface area (Å²) in [5.74, 6) is -1.82. The maximum Gasteiger partial charge on any atom is 0.308 e. The lowest BCUT2D eigenvalue weighted by atomic mass is 9.86. The monoisotopic (exact) mass is 306 g/mol. The number of carboxylic acid groups (broad SMARTS) is 1. The molecule has 6 heteroatoms. The first-order valence-corrected chi connectivity index (χ1v) is 7.70. The molecule has 0 saturated heterocycles. The van der Waals surface area contributed by atoms with Crippen molar-refractivity contribution in [3.63, 3.8) is 0 Å². The molecule has 2 unspecified atom stereocenters. The molecule has 0 spiro atoms. The lowest BCUT2D eigenvalue weighted by Crippen LogP contribution is -2.45. The molecular weight excluding hydrogens is 284 g/mol. The first-order chi connectivity index (χ1) is 10.5. The quantitative estimate of drug-likeness (QED) is 0.886. The van der Waals surface area contributed by atoms with Crippen LogP contribution in [0.5, 0.6) is 0 Å². The normalized spacial score (nSPS) is 22.4.